The Morgan fingerprint density at radius 2 is 1.90 bits per heavy atom. The van der Waals surface area contributed by atoms with Crippen LogP contribution in [0.15, 0.2) is 28.7 Å². The molecule has 4 rings (SSSR count). The number of aromatic nitrogens is 2. The molecule has 0 aliphatic carbocycles. The van der Waals surface area contributed by atoms with E-state index in [-0.39, 0.29) is 11.8 Å². The molecule has 0 unspecified atom stereocenters. The van der Waals surface area contributed by atoms with Gasteiger partial charge in [-0.05, 0) is 51.7 Å². The highest BCUT2D eigenvalue weighted by Crippen LogP contribution is 2.33. The first-order chi connectivity index (χ1) is 14.0. The van der Waals surface area contributed by atoms with Crippen LogP contribution in [0.1, 0.15) is 42.5 Å². The molecule has 1 amide bonds. The summed E-state index contributed by atoms with van der Waals surface area (Å²) in [5.74, 6) is 2.64. The van der Waals surface area contributed by atoms with E-state index in [1.54, 1.807) is 0 Å². The van der Waals surface area contributed by atoms with Gasteiger partial charge in [-0.1, -0.05) is 25.1 Å². The summed E-state index contributed by atoms with van der Waals surface area (Å²) in [7, 11) is 0. The number of anilines is 2. The molecule has 0 radical (unpaired) electrons. The van der Waals surface area contributed by atoms with Gasteiger partial charge in [0.1, 0.15) is 17.4 Å². The Hall–Kier alpha value is -2.89. The molecule has 2 aromatic heterocycles. The van der Waals surface area contributed by atoms with Crippen LogP contribution in [0.25, 0.3) is 11.1 Å². The summed E-state index contributed by atoms with van der Waals surface area (Å²) in [6, 6.07) is 8.03. The fraction of sp³-hybridized carbons (Fsp3) is 0.435. The number of nitrogens with one attached hydrogen (secondary N) is 1. The van der Waals surface area contributed by atoms with E-state index in [2.05, 4.69) is 35.1 Å². The predicted octanol–water partition coefficient (Wildman–Crippen LogP) is 4.57. The number of para-hydroxylation sites is 1. The maximum atomic E-state index is 12.8. The molecule has 1 aliphatic rings. The number of benzene rings is 1. The molecule has 1 aromatic carbocycles. The van der Waals surface area contributed by atoms with Gasteiger partial charge in [0.25, 0.3) is 0 Å². The van der Waals surface area contributed by atoms with Crippen LogP contribution in [0.4, 0.5) is 11.5 Å². The van der Waals surface area contributed by atoms with E-state index >= 15 is 0 Å². The summed E-state index contributed by atoms with van der Waals surface area (Å²) < 4.78 is 5.82. The van der Waals surface area contributed by atoms with Crippen molar-refractivity contribution in [2.24, 2.45) is 5.92 Å². The van der Waals surface area contributed by atoms with Crippen LogP contribution >= 0.6 is 0 Å². The molecule has 1 aliphatic heterocycles. The monoisotopic (exact) mass is 392 g/mol. The number of carbonyl (C=O) groups excluding carboxylic acids is 1. The van der Waals surface area contributed by atoms with Crippen molar-refractivity contribution < 1.29 is 9.21 Å². The second-order valence-corrected chi connectivity index (χ2v) is 7.82. The van der Waals surface area contributed by atoms with E-state index < -0.39 is 0 Å². The van der Waals surface area contributed by atoms with E-state index in [9.17, 15) is 4.79 Å². The molecule has 3 aromatic rings. The van der Waals surface area contributed by atoms with Gasteiger partial charge in [0.05, 0.1) is 5.39 Å². The van der Waals surface area contributed by atoms with Crippen molar-refractivity contribution in [2.75, 3.05) is 23.3 Å². The molecule has 1 N–H and O–H groups in total. The number of aryl methyl sites for hydroxylation is 4. The SMILES string of the molecule is CCc1ccccc1NC(=O)C1CCN(c2nc(C)nc3oc(C)c(C)c23)CC1. The van der Waals surface area contributed by atoms with Crippen LogP contribution in [0.5, 0.6) is 0 Å². The number of piperidine rings is 1. The average Bonchev–Trinajstić information content (AvgIpc) is 3.01. The van der Waals surface area contributed by atoms with Crippen molar-refractivity contribution in [2.45, 2.75) is 47.0 Å². The van der Waals surface area contributed by atoms with Gasteiger partial charge in [-0.2, -0.15) is 4.98 Å². The highest BCUT2D eigenvalue weighted by Gasteiger charge is 2.28. The fourth-order valence-corrected chi connectivity index (χ4v) is 4.10. The average molecular weight is 393 g/mol. The Balaban J connectivity index is 1.49. The summed E-state index contributed by atoms with van der Waals surface area (Å²) >= 11 is 0. The van der Waals surface area contributed by atoms with Gasteiger partial charge < -0.3 is 14.6 Å². The lowest BCUT2D eigenvalue weighted by Crippen LogP contribution is -2.38. The van der Waals surface area contributed by atoms with Crippen LogP contribution in [0.3, 0.4) is 0 Å². The topological polar surface area (TPSA) is 71.3 Å². The number of hydrogen-bond donors (Lipinski definition) is 1. The van der Waals surface area contributed by atoms with Gasteiger partial charge in [0.2, 0.25) is 11.6 Å². The van der Waals surface area contributed by atoms with Gasteiger partial charge in [0, 0.05) is 30.3 Å². The van der Waals surface area contributed by atoms with Crippen molar-refractivity contribution in [3.8, 4) is 0 Å². The van der Waals surface area contributed by atoms with Gasteiger partial charge in [-0.25, -0.2) is 4.98 Å². The summed E-state index contributed by atoms with van der Waals surface area (Å²) in [6.07, 6.45) is 2.52. The van der Waals surface area contributed by atoms with Crippen molar-refractivity contribution >= 4 is 28.5 Å². The number of hydrogen-bond acceptors (Lipinski definition) is 5. The Morgan fingerprint density at radius 1 is 1.17 bits per heavy atom. The lowest BCUT2D eigenvalue weighted by atomic mass is 9.95. The van der Waals surface area contributed by atoms with Crippen LogP contribution in [-0.2, 0) is 11.2 Å². The third kappa shape index (κ3) is 3.71. The lowest BCUT2D eigenvalue weighted by Gasteiger charge is -2.32. The van der Waals surface area contributed by atoms with E-state index in [1.165, 1.54) is 5.56 Å². The fourth-order valence-electron chi connectivity index (χ4n) is 4.10. The minimum atomic E-state index is 0.0155. The smallest absolute Gasteiger partial charge is 0.231 e. The number of carbonyl (C=O) groups is 1. The quantitative estimate of drug-likeness (QED) is 0.704. The second kappa shape index (κ2) is 7.85. The van der Waals surface area contributed by atoms with Crippen molar-refractivity contribution in [1.29, 1.82) is 0 Å². The molecule has 6 nitrogen and oxygen atoms in total. The number of fused-ring (bicyclic) bond motifs is 1. The first kappa shape index (κ1) is 19.4. The minimum Gasteiger partial charge on any atom is -0.443 e. The van der Waals surface area contributed by atoms with E-state index in [1.807, 2.05) is 32.0 Å². The third-order valence-electron chi connectivity index (χ3n) is 5.94. The molecule has 0 spiro atoms. The summed E-state index contributed by atoms with van der Waals surface area (Å²) in [6.45, 7) is 9.59. The van der Waals surface area contributed by atoms with Crippen LogP contribution in [-0.4, -0.2) is 29.0 Å². The van der Waals surface area contributed by atoms with Crippen molar-refractivity contribution in [3.05, 3.63) is 47.0 Å². The Morgan fingerprint density at radius 3 is 2.62 bits per heavy atom. The molecule has 1 saturated heterocycles. The van der Waals surface area contributed by atoms with Crippen LogP contribution in [0.2, 0.25) is 0 Å². The predicted molar refractivity (Wildman–Crippen MR) is 115 cm³/mol. The highest BCUT2D eigenvalue weighted by molar-refractivity contribution is 5.94. The molecule has 152 valence electrons. The molecule has 0 saturated carbocycles. The first-order valence-electron chi connectivity index (χ1n) is 10.4. The zero-order valence-electron chi connectivity index (χ0n) is 17.6. The van der Waals surface area contributed by atoms with Gasteiger partial charge in [-0.15, -0.1) is 0 Å². The van der Waals surface area contributed by atoms with Crippen LogP contribution in [0, 0.1) is 26.7 Å². The number of nitrogens with zero attached hydrogens (tertiary/aromatic N) is 3. The highest BCUT2D eigenvalue weighted by atomic mass is 16.3. The number of furan rings is 1. The molecule has 3 heterocycles. The van der Waals surface area contributed by atoms with Gasteiger partial charge in [0.15, 0.2) is 0 Å². The van der Waals surface area contributed by atoms with Gasteiger partial charge in [-0.3, -0.25) is 4.79 Å². The molecule has 6 heteroatoms. The zero-order valence-corrected chi connectivity index (χ0v) is 17.6. The molecule has 1 fully saturated rings. The van der Waals surface area contributed by atoms with Crippen molar-refractivity contribution in [1.82, 2.24) is 9.97 Å². The summed E-state index contributed by atoms with van der Waals surface area (Å²) in [5, 5.41) is 4.13. The van der Waals surface area contributed by atoms with E-state index in [4.69, 9.17) is 9.40 Å². The summed E-state index contributed by atoms with van der Waals surface area (Å²) in [4.78, 5) is 24.3. The Bertz CT molecular complexity index is 1050. The molecule has 0 atom stereocenters. The largest absolute Gasteiger partial charge is 0.443 e. The normalized spacial score (nSPS) is 15.1. The molecule has 0 bridgehead atoms. The number of rotatable bonds is 4. The maximum absolute atomic E-state index is 12.8. The summed E-state index contributed by atoms with van der Waals surface area (Å²) in [5.41, 5.74) is 3.84. The number of amides is 1. The van der Waals surface area contributed by atoms with Gasteiger partial charge >= 0.3 is 0 Å². The Labute approximate surface area is 171 Å². The molecular formula is C23H28N4O2. The Kier molecular flexibility index (Phi) is 5.26. The zero-order chi connectivity index (χ0) is 20.5. The lowest BCUT2D eigenvalue weighted by molar-refractivity contribution is -0.120. The van der Waals surface area contributed by atoms with E-state index in [0.29, 0.717) is 11.5 Å². The molecule has 29 heavy (non-hydrogen) atoms. The first-order valence-corrected chi connectivity index (χ1v) is 10.4. The standard InChI is InChI=1S/C23H28N4O2/c1-5-17-8-6-7-9-19(17)26-22(28)18-10-12-27(13-11-18)21-20-14(2)15(3)29-23(20)25-16(4)24-21/h6-9,18H,5,10-13H2,1-4H3,(H,26,28). The van der Waals surface area contributed by atoms with Crippen molar-refractivity contribution in [3.63, 3.8) is 0 Å². The third-order valence-corrected chi connectivity index (χ3v) is 5.94. The second-order valence-electron chi connectivity index (χ2n) is 7.82. The van der Waals surface area contributed by atoms with Crippen LogP contribution < -0.4 is 10.2 Å². The minimum absolute atomic E-state index is 0.0155. The molecular weight excluding hydrogens is 364 g/mol. The van der Waals surface area contributed by atoms with E-state index in [0.717, 1.165) is 60.6 Å². The maximum Gasteiger partial charge on any atom is 0.231 e.